The molecule has 0 aliphatic carbocycles. The smallest absolute Gasteiger partial charge is 0.260 e. The van der Waals surface area contributed by atoms with Crippen molar-refractivity contribution in [1.82, 2.24) is 4.90 Å². The molecule has 0 aromatic heterocycles. The van der Waals surface area contributed by atoms with E-state index in [0.29, 0.717) is 5.75 Å². The van der Waals surface area contributed by atoms with Crippen LogP contribution in [0.15, 0.2) is 28.7 Å². The average Bonchev–Trinajstić information content (AvgIpc) is 2.67. The number of carbonyl (C=O) groups excluding carboxylic acids is 1. The van der Waals surface area contributed by atoms with Gasteiger partial charge in [0.25, 0.3) is 5.91 Å². The Morgan fingerprint density at radius 1 is 1.39 bits per heavy atom. The molecule has 18 heavy (non-hydrogen) atoms. The zero-order valence-electron chi connectivity index (χ0n) is 9.62. The van der Waals surface area contributed by atoms with Gasteiger partial charge in [-0.25, -0.2) is 0 Å². The number of benzene rings is 1. The second-order valence-corrected chi connectivity index (χ2v) is 5.10. The topological polar surface area (TPSA) is 70.0 Å². The molecule has 0 saturated carbocycles. The van der Waals surface area contributed by atoms with Crippen molar-refractivity contribution in [2.24, 2.45) is 0 Å². The van der Waals surface area contributed by atoms with E-state index in [0.717, 1.165) is 4.47 Å². The van der Waals surface area contributed by atoms with Crippen molar-refractivity contribution in [2.75, 3.05) is 19.7 Å². The lowest BCUT2D eigenvalue weighted by molar-refractivity contribution is -0.132. The number of aliphatic hydroxyl groups excluding tert-OH is 2. The van der Waals surface area contributed by atoms with Crippen LogP contribution in [0.25, 0.3) is 0 Å². The number of amides is 1. The number of hydrogen-bond acceptors (Lipinski definition) is 4. The van der Waals surface area contributed by atoms with Crippen LogP contribution in [0.3, 0.4) is 0 Å². The van der Waals surface area contributed by atoms with Crippen LogP contribution in [0, 0.1) is 0 Å². The van der Waals surface area contributed by atoms with Crippen molar-refractivity contribution in [1.29, 1.82) is 0 Å². The van der Waals surface area contributed by atoms with Gasteiger partial charge in [-0.1, -0.05) is 22.0 Å². The van der Waals surface area contributed by atoms with Gasteiger partial charge in [0.1, 0.15) is 5.75 Å². The molecule has 6 heteroatoms. The lowest BCUT2D eigenvalue weighted by Gasteiger charge is -2.15. The highest BCUT2D eigenvalue weighted by Gasteiger charge is 2.32. The number of β-amino-alcohol motifs (C(OH)–C–C–N with tert-alkyl or cyclic N) is 2. The first-order chi connectivity index (χ1) is 8.56. The summed E-state index contributed by atoms with van der Waals surface area (Å²) in [5.41, 5.74) is 0. The van der Waals surface area contributed by atoms with Crippen LogP contribution in [-0.2, 0) is 4.79 Å². The molecule has 2 unspecified atom stereocenters. The van der Waals surface area contributed by atoms with Gasteiger partial charge in [-0.3, -0.25) is 4.79 Å². The van der Waals surface area contributed by atoms with Crippen LogP contribution in [0.2, 0.25) is 0 Å². The second kappa shape index (κ2) is 5.69. The number of halogens is 1. The molecule has 2 N–H and O–H groups in total. The molecular formula is C12H14BrNO4. The first kappa shape index (κ1) is 13.3. The zero-order chi connectivity index (χ0) is 13.1. The number of aliphatic hydroxyl groups is 2. The number of rotatable bonds is 3. The van der Waals surface area contributed by atoms with Crippen LogP contribution in [0.4, 0.5) is 0 Å². The maximum Gasteiger partial charge on any atom is 0.260 e. The number of likely N-dealkylation sites (tertiary alicyclic amines) is 1. The van der Waals surface area contributed by atoms with Crippen LogP contribution >= 0.6 is 15.9 Å². The van der Waals surface area contributed by atoms with Crippen LogP contribution in [0.5, 0.6) is 5.75 Å². The normalized spacial score (nSPS) is 23.2. The summed E-state index contributed by atoms with van der Waals surface area (Å²) < 4.78 is 6.22. The van der Waals surface area contributed by atoms with Crippen molar-refractivity contribution in [3.63, 3.8) is 0 Å². The minimum atomic E-state index is -0.861. The average molecular weight is 316 g/mol. The van der Waals surface area contributed by atoms with Crippen molar-refractivity contribution < 1.29 is 19.7 Å². The van der Waals surface area contributed by atoms with E-state index in [4.69, 9.17) is 4.74 Å². The van der Waals surface area contributed by atoms with Crippen molar-refractivity contribution in [2.45, 2.75) is 12.2 Å². The largest absolute Gasteiger partial charge is 0.484 e. The van der Waals surface area contributed by atoms with E-state index in [1.165, 1.54) is 4.90 Å². The maximum atomic E-state index is 11.8. The Morgan fingerprint density at radius 2 is 2.06 bits per heavy atom. The molecule has 1 aromatic rings. The van der Waals surface area contributed by atoms with Gasteiger partial charge in [0, 0.05) is 17.6 Å². The highest BCUT2D eigenvalue weighted by atomic mass is 79.9. The van der Waals surface area contributed by atoms with Gasteiger partial charge >= 0.3 is 0 Å². The monoisotopic (exact) mass is 315 g/mol. The fourth-order valence-corrected chi connectivity index (χ4v) is 2.14. The Balaban J connectivity index is 1.85. The molecule has 0 bridgehead atoms. The first-order valence-corrected chi connectivity index (χ1v) is 6.38. The van der Waals surface area contributed by atoms with Crippen molar-refractivity contribution >= 4 is 21.8 Å². The summed E-state index contributed by atoms with van der Waals surface area (Å²) in [6, 6.07) is 7.20. The molecule has 1 aliphatic rings. The van der Waals surface area contributed by atoms with Crippen LogP contribution < -0.4 is 4.74 Å². The van der Waals surface area contributed by atoms with Crippen LogP contribution in [0.1, 0.15) is 0 Å². The molecule has 1 saturated heterocycles. The van der Waals surface area contributed by atoms with E-state index in [9.17, 15) is 15.0 Å². The minimum Gasteiger partial charge on any atom is -0.484 e. The quantitative estimate of drug-likeness (QED) is 0.846. The van der Waals surface area contributed by atoms with E-state index in [-0.39, 0.29) is 25.6 Å². The Morgan fingerprint density at radius 3 is 2.67 bits per heavy atom. The van der Waals surface area contributed by atoms with Crippen molar-refractivity contribution in [3.8, 4) is 5.75 Å². The van der Waals surface area contributed by atoms with Crippen molar-refractivity contribution in [3.05, 3.63) is 28.7 Å². The Kier molecular flexibility index (Phi) is 4.21. The van der Waals surface area contributed by atoms with E-state index in [2.05, 4.69) is 15.9 Å². The summed E-state index contributed by atoms with van der Waals surface area (Å²) in [5, 5.41) is 18.7. The SMILES string of the molecule is O=C(COc1cccc(Br)c1)N1CC(O)C(O)C1. The summed E-state index contributed by atoms with van der Waals surface area (Å²) in [5.74, 6) is 0.351. The highest BCUT2D eigenvalue weighted by Crippen LogP contribution is 2.18. The third kappa shape index (κ3) is 3.22. The summed E-state index contributed by atoms with van der Waals surface area (Å²) in [6.07, 6.45) is -1.72. The lowest BCUT2D eigenvalue weighted by Crippen LogP contribution is -2.33. The predicted molar refractivity (Wildman–Crippen MR) is 68.2 cm³/mol. The predicted octanol–water partition coefficient (Wildman–Crippen LogP) is 0.392. The minimum absolute atomic E-state index is 0.101. The Labute approximate surface area is 113 Å². The maximum absolute atomic E-state index is 11.8. The molecule has 1 aromatic carbocycles. The summed E-state index contributed by atoms with van der Waals surface area (Å²) in [7, 11) is 0. The first-order valence-electron chi connectivity index (χ1n) is 5.58. The van der Waals surface area contributed by atoms with Gasteiger partial charge in [0.05, 0.1) is 12.2 Å². The number of hydrogen-bond donors (Lipinski definition) is 2. The second-order valence-electron chi connectivity index (χ2n) is 4.18. The van der Waals surface area contributed by atoms with Gasteiger partial charge in [0.15, 0.2) is 6.61 Å². The third-order valence-electron chi connectivity index (χ3n) is 2.77. The molecule has 2 rings (SSSR count). The van der Waals surface area contributed by atoms with Gasteiger partial charge < -0.3 is 19.8 Å². The highest BCUT2D eigenvalue weighted by molar-refractivity contribution is 9.10. The van der Waals surface area contributed by atoms with Crippen LogP contribution in [-0.4, -0.2) is 52.9 Å². The molecule has 1 amide bonds. The molecule has 0 radical (unpaired) electrons. The van der Waals surface area contributed by atoms with Gasteiger partial charge in [-0.2, -0.15) is 0 Å². The summed E-state index contributed by atoms with van der Waals surface area (Å²) >= 11 is 3.31. The summed E-state index contributed by atoms with van der Waals surface area (Å²) in [6.45, 7) is 0.208. The van der Waals surface area contributed by atoms with Gasteiger partial charge in [0.2, 0.25) is 0 Å². The standard InChI is InChI=1S/C12H14BrNO4/c13-8-2-1-3-9(4-8)18-7-12(17)14-5-10(15)11(16)6-14/h1-4,10-11,15-16H,5-7H2. The molecule has 1 fully saturated rings. The van der Waals surface area contributed by atoms with Gasteiger partial charge in [-0.05, 0) is 18.2 Å². The number of ether oxygens (including phenoxy) is 1. The molecule has 98 valence electrons. The molecule has 1 aliphatic heterocycles. The fourth-order valence-electron chi connectivity index (χ4n) is 1.77. The van der Waals surface area contributed by atoms with Gasteiger partial charge in [-0.15, -0.1) is 0 Å². The molecule has 5 nitrogen and oxygen atoms in total. The van der Waals surface area contributed by atoms with E-state index >= 15 is 0 Å². The molecule has 1 heterocycles. The number of carbonyl (C=O) groups is 1. The Bertz CT molecular complexity index is 430. The Hall–Kier alpha value is -1.11. The fraction of sp³-hybridized carbons (Fsp3) is 0.417. The lowest BCUT2D eigenvalue weighted by atomic mass is 10.3. The number of nitrogens with zero attached hydrogens (tertiary/aromatic N) is 1. The van der Waals surface area contributed by atoms with E-state index in [1.54, 1.807) is 12.1 Å². The molecular weight excluding hydrogens is 302 g/mol. The summed E-state index contributed by atoms with van der Waals surface area (Å²) in [4.78, 5) is 13.2. The van der Waals surface area contributed by atoms with E-state index < -0.39 is 12.2 Å². The third-order valence-corrected chi connectivity index (χ3v) is 3.26. The molecule has 0 spiro atoms. The zero-order valence-corrected chi connectivity index (χ0v) is 11.2. The van der Waals surface area contributed by atoms with E-state index in [1.807, 2.05) is 12.1 Å². The molecule has 2 atom stereocenters.